The highest BCUT2D eigenvalue weighted by molar-refractivity contribution is 5.95. The number of amidine groups is 1. The summed E-state index contributed by atoms with van der Waals surface area (Å²) in [5.41, 5.74) is -0.470. The Hall–Kier alpha value is -1.06. The van der Waals surface area contributed by atoms with Crippen LogP contribution in [-0.2, 0) is 4.74 Å². The van der Waals surface area contributed by atoms with Crippen LogP contribution >= 0.6 is 0 Å². The third-order valence-electron chi connectivity index (χ3n) is 5.31. The summed E-state index contributed by atoms with van der Waals surface area (Å²) in [6, 6.07) is 0.383. The van der Waals surface area contributed by atoms with Gasteiger partial charge in [0, 0.05) is 6.42 Å². The SMILES string of the molecule is CC(C)(C)OC(=O)NC(CCCC1CCCCC1)=NC1CCCCC1. The summed E-state index contributed by atoms with van der Waals surface area (Å²) >= 11 is 0. The third kappa shape index (κ3) is 8.73. The Morgan fingerprint density at radius 2 is 1.60 bits per heavy atom. The van der Waals surface area contributed by atoms with E-state index in [1.807, 2.05) is 20.8 Å². The van der Waals surface area contributed by atoms with Crippen LogP contribution in [-0.4, -0.2) is 23.6 Å². The summed E-state index contributed by atoms with van der Waals surface area (Å²) in [6.45, 7) is 5.69. The molecule has 0 bridgehead atoms. The van der Waals surface area contributed by atoms with Gasteiger partial charge in [0.2, 0.25) is 0 Å². The van der Waals surface area contributed by atoms with Crippen LogP contribution in [0.4, 0.5) is 4.79 Å². The maximum atomic E-state index is 12.2. The Morgan fingerprint density at radius 1 is 1.00 bits per heavy atom. The minimum Gasteiger partial charge on any atom is -0.444 e. The molecule has 0 saturated heterocycles. The van der Waals surface area contributed by atoms with Crippen molar-refractivity contribution < 1.29 is 9.53 Å². The molecule has 2 saturated carbocycles. The van der Waals surface area contributed by atoms with Crippen molar-refractivity contribution in [2.45, 2.75) is 116 Å². The largest absolute Gasteiger partial charge is 0.444 e. The van der Waals surface area contributed by atoms with Crippen LogP contribution in [0.15, 0.2) is 4.99 Å². The minimum atomic E-state index is -0.470. The highest BCUT2D eigenvalue weighted by Crippen LogP contribution is 2.28. The van der Waals surface area contributed by atoms with E-state index >= 15 is 0 Å². The van der Waals surface area contributed by atoms with Crippen molar-refractivity contribution in [1.82, 2.24) is 5.32 Å². The first-order valence-electron chi connectivity index (χ1n) is 10.5. The maximum Gasteiger partial charge on any atom is 0.413 e. The smallest absolute Gasteiger partial charge is 0.413 e. The zero-order valence-electron chi connectivity index (χ0n) is 16.6. The van der Waals surface area contributed by atoms with Crippen molar-refractivity contribution in [2.75, 3.05) is 0 Å². The van der Waals surface area contributed by atoms with Gasteiger partial charge < -0.3 is 4.74 Å². The van der Waals surface area contributed by atoms with Crippen LogP contribution in [0.3, 0.4) is 0 Å². The summed E-state index contributed by atoms with van der Waals surface area (Å²) in [5.74, 6) is 1.73. The summed E-state index contributed by atoms with van der Waals surface area (Å²) in [4.78, 5) is 17.1. The van der Waals surface area contributed by atoms with Gasteiger partial charge >= 0.3 is 6.09 Å². The van der Waals surface area contributed by atoms with E-state index in [-0.39, 0.29) is 6.09 Å². The molecule has 0 atom stereocenters. The van der Waals surface area contributed by atoms with Crippen molar-refractivity contribution in [1.29, 1.82) is 0 Å². The molecule has 4 heteroatoms. The van der Waals surface area contributed by atoms with Gasteiger partial charge in [-0.05, 0) is 46.0 Å². The van der Waals surface area contributed by atoms with E-state index in [1.54, 1.807) is 0 Å². The third-order valence-corrected chi connectivity index (χ3v) is 5.31. The van der Waals surface area contributed by atoms with Crippen molar-refractivity contribution in [3.05, 3.63) is 0 Å². The van der Waals surface area contributed by atoms with Gasteiger partial charge in [0.15, 0.2) is 0 Å². The number of nitrogens with zero attached hydrogens (tertiary/aromatic N) is 1. The topological polar surface area (TPSA) is 50.7 Å². The number of hydrogen-bond acceptors (Lipinski definition) is 3. The number of amides is 1. The van der Waals surface area contributed by atoms with Crippen LogP contribution in [0.2, 0.25) is 0 Å². The van der Waals surface area contributed by atoms with Gasteiger partial charge in [-0.1, -0.05) is 57.8 Å². The van der Waals surface area contributed by atoms with E-state index in [1.165, 1.54) is 57.8 Å². The van der Waals surface area contributed by atoms with E-state index in [0.717, 1.165) is 37.4 Å². The van der Waals surface area contributed by atoms with Crippen molar-refractivity contribution in [3.8, 4) is 0 Å². The number of ether oxygens (including phenoxy) is 1. The molecule has 2 aliphatic rings. The monoisotopic (exact) mass is 350 g/mol. The van der Waals surface area contributed by atoms with Gasteiger partial charge in [-0.3, -0.25) is 10.3 Å². The predicted molar refractivity (Wildman–Crippen MR) is 104 cm³/mol. The van der Waals surface area contributed by atoms with Gasteiger partial charge in [0.05, 0.1) is 6.04 Å². The number of hydrogen-bond donors (Lipinski definition) is 1. The first-order valence-corrected chi connectivity index (χ1v) is 10.5. The van der Waals surface area contributed by atoms with Gasteiger partial charge in [0.1, 0.15) is 11.4 Å². The Kier molecular flexibility index (Phi) is 8.25. The fraction of sp³-hybridized carbons (Fsp3) is 0.905. The zero-order valence-corrected chi connectivity index (χ0v) is 16.6. The average Bonchev–Trinajstić information content (AvgIpc) is 2.55. The van der Waals surface area contributed by atoms with E-state index in [9.17, 15) is 4.79 Å². The van der Waals surface area contributed by atoms with E-state index in [0.29, 0.717) is 6.04 Å². The summed E-state index contributed by atoms with van der Waals surface area (Å²) < 4.78 is 5.42. The Bertz CT molecular complexity index is 428. The highest BCUT2D eigenvalue weighted by Gasteiger charge is 2.20. The normalized spacial score (nSPS) is 21.2. The Morgan fingerprint density at radius 3 is 2.20 bits per heavy atom. The summed E-state index contributed by atoms with van der Waals surface area (Å²) in [6.07, 6.45) is 16.0. The van der Waals surface area contributed by atoms with Crippen LogP contribution in [0.1, 0.15) is 104 Å². The van der Waals surface area contributed by atoms with Crippen molar-refractivity contribution >= 4 is 11.9 Å². The molecule has 0 aromatic carbocycles. The summed E-state index contributed by atoms with van der Waals surface area (Å²) in [5, 5.41) is 2.95. The quantitative estimate of drug-likeness (QED) is 0.489. The number of nitrogens with one attached hydrogen (secondary N) is 1. The van der Waals surface area contributed by atoms with Crippen molar-refractivity contribution in [2.24, 2.45) is 10.9 Å². The van der Waals surface area contributed by atoms with Crippen LogP contribution < -0.4 is 5.32 Å². The fourth-order valence-electron chi connectivity index (χ4n) is 4.05. The van der Waals surface area contributed by atoms with Gasteiger partial charge in [-0.2, -0.15) is 0 Å². The zero-order chi connectivity index (χ0) is 18.1. The standard InChI is InChI=1S/C21H38N2O2/c1-21(2,3)25-20(24)23-19(22-18-14-8-5-9-15-18)16-10-13-17-11-6-4-7-12-17/h17-18H,4-16H2,1-3H3,(H,22,23,24). The molecule has 144 valence electrons. The second kappa shape index (κ2) is 10.2. The molecule has 0 aliphatic heterocycles. The minimum absolute atomic E-state index is 0.361. The molecule has 2 fully saturated rings. The van der Waals surface area contributed by atoms with Crippen LogP contribution in [0.5, 0.6) is 0 Å². The lowest BCUT2D eigenvalue weighted by Gasteiger charge is -2.23. The molecule has 0 radical (unpaired) electrons. The molecular weight excluding hydrogens is 312 g/mol. The number of rotatable bonds is 5. The number of carbonyl (C=O) groups excluding carboxylic acids is 1. The average molecular weight is 351 g/mol. The predicted octanol–water partition coefficient (Wildman–Crippen LogP) is 5.99. The molecule has 1 N–H and O–H groups in total. The molecule has 2 rings (SSSR count). The van der Waals surface area contributed by atoms with E-state index in [4.69, 9.17) is 9.73 Å². The molecule has 1 amide bonds. The molecule has 2 aliphatic carbocycles. The Balaban J connectivity index is 1.86. The molecule has 25 heavy (non-hydrogen) atoms. The lowest BCUT2D eigenvalue weighted by Crippen LogP contribution is -2.37. The molecule has 0 aromatic heterocycles. The lowest BCUT2D eigenvalue weighted by atomic mass is 9.86. The molecule has 0 spiro atoms. The van der Waals surface area contributed by atoms with Gasteiger partial charge in [-0.15, -0.1) is 0 Å². The van der Waals surface area contributed by atoms with Crippen LogP contribution in [0.25, 0.3) is 0 Å². The van der Waals surface area contributed by atoms with Gasteiger partial charge in [0.25, 0.3) is 0 Å². The van der Waals surface area contributed by atoms with E-state index < -0.39 is 5.60 Å². The highest BCUT2D eigenvalue weighted by atomic mass is 16.6. The lowest BCUT2D eigenvalue weighted by molar-refractivity contribution is 0.0561. The molecular formula is C21H38N2O2. The first kappa shape index (κ1) is 20.3. The first-order chi connectivity index (χ1) is 11.9. The second-order valence-electron chi connectivity index (χ2n) is 8.89. The number of alkyl carbamates (subject to hydrolysis) is 1. The molecule has 0 aromatic rings. The summed E-state index contributed by atoms with van der Waals surface area (Å²) in [7, 11) is 0. The van der Waals surface area contributed by atoms with Crippen molar-refractivity contribution in [3.63, 3.8) is 0 Å². The Labute approximate surface area is 154 Å². The number of carbonyl (C=O) groups is 1. The molecule has 4 nitrogen and oxygen atoms in total. The molecule has 0 heterocycles. The second-order valence-corrected chi connectivity index (χ2v) is 8.89. The van der Waals surface area contributed by atoms with Gasteiger partial charge in [-0.25, -0.2) is 4.79 Å². The van der Waals surface area contributed by atoms with Crippen LogP contribution in [0, 0.1) is 5.92 Å². The fourth-order valence-corrected chi connectivity index (χ4v) is 4.05. The number of aliphatic imine (C=N–C) groups is 1. The molecule has 0 unspecified atom stereocenters. The van der Waals surface area contributed by atoms with E-state index in [2.05, 4.69) is 5.32 Å². The maximum absolute atomic E-state index is 12.2.